The molecule has 0 bridgehead atoms. The van der Waals surface area contributed by atoms with E-state index >= 15 is 0 Å². The van der Waals surface area contributed by atoms with Gasteiger partial charge in [-0.25, -0.2) is 4.98 Å². The number of hydrogen-bond acceptors (Lipinski definition) is 3. The van der Waals surface area contributed by atoms with Crippen LogP contribution in [0.3, 0.4) is 0 Å². The number of pyridine rings is 1. The molecule has 0 atom stereocenters. The van der Waals surface area contributed by atoms with Crippen molar-refractivity contribution in [1.29, 1.82) is 5.26 Å². The predicted molar refractivity (Wildman–Crippen MR) is 61.1 cm³/mol. The maximum Gasteiger partial charge on any atom is 0.573 e. The highest BCUT2D eigenvalue weighted by Crippen LogP contribution is 2.28. The third-order valence-electron chi connectivity index (χ3n) is 2.29. The van der Waals surface area contributed by atoms with Crippen LogP contribution < -0.4 is 4.74 Å². The van der Waals surface area contributed by atoms with E-state index in [0.29, 0.717) is 11.1 Å². The monoisotopic (exact) mass is 264 g/mol. The summed E-state index contributed by atoms with van der Waals surface area (Å²) < 4.78 is 40.2. The summed E-state index contributed by atoms with van der Waals surface area (Å²) in [7, 11) is 0. The molecule has 1 heterocycles. The Bertz CT molecular complexity index is 632. The van der Waals surface area contributed by atoms with E-state index in [1.165, 1.54) is 24.4 Å². The number of hydrogen-bond donors (Lipinski definition) is 0. The largest absolute Gasteiger partial charge is 0.573 e. The molecule has 0 aliphatic carbocycles. The van der Waals surface area contributed by atoms with Gasteiger partial charge in [0.05, 0.1) is 0 Å². The van der Waals surface area contributed by atoms with Gasteiger partial charge in [0.15, 0.2) is 0 Å². The molecule has 0 radical (unpaired) electrons. The van der Waals surface area contributed by atoms with E-state index in [4.69, 9.17) is 5.26 Å². The summed E-state index contributed by atoms with van der Waals surface area (Å²) in [5, 5.41) is 8.91. The minimum Gasteiger partial charge on any atom is -0.406 e. The van der Waals surface area contributed by atoms with Gasteiger partial charge in [0.25, 0.3) is 0 Å². The Labute approximate surface area is 106 Å². The van der Waals surface area contributed by atoms with E-state index in [0.717, 1.165) is 0 Å². The Morgan fingerprint density at radius 3 is 2.63 bits per heavy atom. The molecule has 0 spiro atoms. The highest BCUT2D eigenvalue weighted by Gasteiger charge is 2.31. The third kappa shape index (κ3) is 3.22. The summed E-state index contributed by atoms with van der Waals surface area (Å²) in [6, 6.07) is 10.5. The molecule has 0 saturated carbocycles. The van der Waals surface area contributed by atoms with Crippen molar-refractivity contribution < 1.29 is 17.9 Å². The first-order chi connectivity index (χ1) is 8.99. The van der Waals surface area contributed by atoms with Crippen LogP contribution in [-0.2, 0) is 0 Å². The Balaban J connectivity index is 2.41. The Morgan fingerprint density at radius 2 is 1.95 bits per heavy atom. The first-order valence-corrected chi connectivity index (χ1v) is 5.21. The van der Waals surface area contributed by atoms with Gasteiger partial charge < -0.3 is 4.74 Å². The molecule has 6 heteroatoms. The van der Waals surface area contributed by atoms with E-state index < -0.39 is 6.36 Å². The lowest BCUT2D eigenvalue weighted by Crippen LogP contribution is -2.17. The molecule has 2 rings (SSSR count). The second-order valence-electron chi connectivity index (χ2n) is 3.59. The van der Waals surface area contributed by atoms with Gasteiger partial charge in [-0.1, -0.05) is 12.1 Å². The van der Waals surface area contributed by atoms with Gasteiger partial charge in [-0.2, -0.15) is 5.26 Å². The van der Waals surface area contributed by atoms with Crippen LogP contribution in [0.25, 0.3) is 11.1 Å². The quantitative estimate of drug-likeness (QED) is 0.833. The molecule has 0 amide bonds. The van der Waals surface area contributed by atoms with Crippen LogP contribution in [0.2, 0.25) is 0 Å². The molecule has 19 heavy (non-hydrogen) atoms. The minimum atomic E-state index is -4.74. The highest BCUT2D eigenvalue weighted by molar-refractivity contribution is 5.69. The molecule has 1 aromatic heterocycles. The van der Waals surface area contributed by atoms with Crippen LogP contribution in [0, 0.1) is 11.3 Å². The minimum absolute atomic E-state index is 0.145. The Hall–Kier alpha value is -2.55. The molecule has 0 aliphatic rings. The molecule has 96 valence electrons. The van der Waals surface area contributed by atoms with E-state index in [1.54, 1.807) is 18.2 Å². The Kier molecular flexibility index (Phi) is 3.38. The summed E-state index contributed by atoms with van der Waals surface area (Å²) in [4.78, 5) is 3.85. The summed E-state index contributed by atoms with van der Waals surface area (Å²) in [6.07, 6.45) is -3.30. The summed E-state index contributed by atoms with van der Waals surface area (Å²) in [5.74, 6) is -0.335. The second-order valence-corrected chi connectivity index (χ2v) is 3.59. The molecule has 3 nitrogen and oxygen atoms in total. The first kappa shape index (κ1) is 12.9. The van der Waals surface area contributed by atoms with Crippen molar-refractivity contribution in [3.8, 4) is 22.9 Å². The average Bonchev–Trinajstić information content (AvgIpc) is 2.37. The SMILES string of the molecule is N#Cc1ncccc1-c1cccc(OC(F)(F)F)c1. The molecular formula is C13H7F3N2O. The van der Waals surface area contributed by atoms with Gasteiger partial charge in [-0.15, -0.1) is 13.2 Å². The topological polar surface area (TPSA) is 45.9 Å². The van der Waals surface area contributed by atoms with Gasteiger partial charge in [0.1, 0.15) is 17.5 Å². The summed E-state index contributed by atoms with van der Waals surface area (Å²) in [6.45, 7) is 0. The number of rotatable bonds is 2. The summed E-state index contributed by atoms with van der Waals surface area (Å²) in [5.41, 5.74) is 1.04. The number of benzene rings is 1. The van der Waals surface area contributed by atoms with Crippen molar-refractivity contribution in [2.75, 3.05) is 0 Å². The normalized spacial score (nSPS) is 10.8. The average molecular weight is 264 g/mol. The number of halogens is 3. The molecule has 1 aromatic carbocycles. The van der Waals surface area contributed by atoms with Gasteiger partial charge in [0, 0.05) is 11.8 Å². The number of alkyl halides is 3. The summed E-state index contributed by atoms with van der Waals surface area (Å²) >= 11 is 0. The van der Waals surface area contributed by atoms with Crippen LogP contribution in [0.1, 0.15) is 5.69 Å². The van der Waals surface area contributed by atoms with Crippen LogP contribution in [0.4, 0.5) is 13.2 Å². The number of aromatic nitrogens is 1. The second kappa shape index (κ2) is 4.98. The van der Waals surface area contributed by atoms with Gasteiger partial charge in [-0.3, -0.25) is 0 Å². The van der Waals surface area contributed by atoms with Crippen molar-refractivity contribution in [2.24, 2.45) is 0 Å². The van der Waals surface area contributed by atoms with E-state index in [9.17, 15) is 13.2 Å². The van der Waals surface area contributed by atoms with Crippen molar-refractivity contribution in [3.63, 3.8) is 0 Å². The zero-order chi connectivity index (χ0) is 13.9. The van der Waals surface area contributed by atoms with Gasteiger partial charge in [-0.05, 0) is 29.8 Å². The smallest absolute Gasteiger partial charge is 0.406 e. The van der Waals surface area contributed by atoms with Crippen LogP contribution >= 0.6 is 0 Å². The molecule has 0 aliphatic heterocycles. The van der Waals surface area contributed by atoms with Crippen LogP contribution in [-0.4, -0.2) is 11.3 Å². The van der Waals surface area contributed by atoms with E-state index in [2.05, 4.69) is 9.72 Å². The van der Waals surface area contributed by atoms with E-state index in [-0.39, 0.29) is 11.4 Å². The number of ether oxygens (including phenoxy) is 1. The molecular weight excluding hydrogens is 257 g/mol. The predicted octanol–water partition coefficient (Wildman–Crippen LogP) is 3.52. The molecule has 2 aromatic rings. The number of nitrogens with zero attached hydrogens (tertiary/aromatic N) is 2. The van der Waals surface area contributed by atoms with Crippen molar-refractivity contribution in [2.45, 2.75) is 6.36 Å². The van der Waals surface area contributed by atoms with Crippen molar-refractivity contribution >= 4 is 0 Å². The van der Waals surface area contributed by atoms with Crippen molar-refractivity contribution in [3.05, 3.63) is 48.3 Å². The molecule has 0 fully saturated rings. The molecule has 0 N–H and O–H groups in total. The standard InChI is InChI=1S/C13H7F3N2O/c14-13(15,16)19-10-4-1-3-9(7-10)11-5-2-6-18-12(11)8-17/h1-7H. The lowest BCUT2D eigenvalue weighted by Gasteiger charge is -2.10. The maximum absolute atomic E-state index is 12.1. The maximum atomic E-state index is 12.1. The van der Waals surface area contributed by atoms with E-state index in [1.807, 2.05) is 6.07 Å². The van der Waals surface area contributed by atoms with Crippen LogP contribution in [0.15, 0.2) is 42.6 Å². The fourth-order valence-corrected chi connectivity index (χ4v) is 1.59. The molecule has 0 unspecified atom stereocenters. The van der Waals surface area contributed by atoms with Crippen LogP contribution in [0.5, 0.6) is 5.75 Å². The molecule has 0 saturated heterocycles. The first-order valence-electron chi connectivity index (χ1n) is 5.21. The fraction of sp³-hybridized carbons (Fsp3) is 0.0769. The van der Waals surface area contributed by atoms with Gasteiger partial charge >= 0.3 is 6.36 Å². The lowest BCUT2D eigenvalue weighted by atomic mass is 10.0. The highest BCUT2D eigenvalue weighted by atomic mass is 19.4. The fourth-order valence-electron chi connectivity index (χ4n) is 1.59. The van der Waals surface area contributed by atoms with Gasteiger partial charge in [0.2, 0.25) is 0 Å². The number of nitriles is 1. The lowest BCUT2D eigenvalue weighted by molar-refractivity contribution is -0.274. The van der Waals surface area contributed by atoms with Crippen molar-refractivity contribution in [1.82, 2.24) is 4.98 Å². The zero-order valence-corrected chi connectivity index (χ0v) is 9.48. The zero-order valence-electron chi connectivity index (χ0n) is 9.48. The third-order valence-corrected chi connectivity index (χ3v) is 2.29. The Morgan fingerprint density at radius 1 is 1.16 bits per heavy atom.